The summed E-state index contributed by atoms with van der Waals surface area (Å²) in [4.78, 5) is 20.7. The van der Waals surface area contributed by atoms with E-state index in [0.29, 0.717) is 23.1 Å². The molecule has 3 rings (SSSR count). The Labute approximate surface area is 157 Å². The number of carbonyl (C=O) groups excluding carboxylic acids is 1. The van der Waals surface area contributed by atoms with Gasteiger partial charge in [0, 0.05) is 29.6 Å². The van der Waals surface area contributed by atoms with Crippen LogP contribution in [-0.4, -0.2) is 15.9 Å². The monoisotopic (exact) mass is 366 g/mol. The second-order valence-electron chi connectivity index (χ2n) is 6.05. The summed E-state index contributed by atoms with van der Waals surface area (Å²) in [6, 6.07) is 13.4. The average Bonchev–Trinajstić information content (AvgIpc) is 2.64. The topological polar surface area (TPSA) is 66.9 Å². The molecule has 2 N–H and O–H groups in total. The lowest BCUT2D eigenvalue weighted by Gasteiger charge is -2.09. The van der Waals surface area contributed by atoms with Crippen molar-refractivity contribution < 1.29 is 4.79 Å². The molecule has 6 heteroatoms. The van der Waals surface area contributed by atoms with Crippen molar-refractivity contribution in [2.24, 2.45) is 0 Å². The summed E-state index contributed by atoms with van der Waals surface area (Å²) >= 11 is 5.85. The smallest absolute Gasteiger partial charge is 0.254 e. The normalized spacial score (nSPS) is 10.4. The van der Waals surface area contributed by atoms with E-state index in [4.69, 9.17) is 11.6 Å². The maximum Gasteiger partial charge on any atom is 0.254 e. The Morgan fingerprint density at radius 3 is 2.42 bits per heavy atom. The van der Waals surface area contributed by atoms with Crippen molar-refractivity contribution in [3.05, 3.63) is 82.1 Å². The van der Waals surface area contributed by atoms with E-state index in [1.54, 1.807) is 12.1 Å². The molecular formula is C20H19ClN4O. The number of nitrogens with one attached hydrogen (secondary N) is 2. The third-order valence-electron chi connectivity index (χ3n) is 3.92. The van der Waals surface area contributed by atoms with Crippen molar-refractivity contribution in [3.8, 4) is 0 Å². The molecule has 2 aromatic carbocycles. The van der Waals surface area contributed by atoms with Gasteiger partial charge >= 0.3 is 0 Å². The zero-order chi connectivity index (χ0) is 18.5. The Morgan fingerprint density at radius 2 is 1.73 bits per heavy atom. The first-order valence-corrected chi connectivity index (χ1v) is 8.58. The van der Waals surface area contributed by atoms with Gasteiger partial charge in [-0.3, -0.25) is 4.79 Å². The molecule has 3 aromatic rings. The SMILES string of the molecule is Cc1ccc(C)c(Nc2ncc(C(=O)NCc3ccc(Cl)cc3)cn2)c1. The first-order valence-electron chi connectivity index (χ1n) is 8.20. The van der Waals surface area contributed by atoms with Crippen LogP contribution in [0.5, 0.6) is 0 Å². The number of carbonyl (C=O) groups is 1. The van der Waals surface area contributed by atoms with Gasteiger partial charge in [-0.25, -0.2) is 9.97 Å². The number of aromatic nitrogens is 2. The largest absolute Gasteiger partial charge is 0.348 e. The van der Waals surface area contributed by atoms with Crippen LogP contribution in [0.25, 0.3) is 0 Å². The standard InChI is InChI=1S/C20H19ClN4O/c1-13-3-4-14(2)18(9-13)25-20-23-11-16(12-24-20)19(26)22-10-15-5-7-17(21)8-6-15/h3-9,11-12H,10H2,1-2H3,(H,22,26)(H,23,24,25). The van der Waals surface area contributed by atoms with Crippen molar-refractivity contribution in [2.75, 3.05) is 5.32 Å². The van der Waals surface area contributed by atoms with Gasteiger partial charge in [0.15, 0.2) is 0 Å². The van der Waals surface area contributed by atoms with Crippen molar-refractivity contribution in [2.45, 2.75) is 20.4 Å². The van der Waals surface area contributed by atoms with Gasteiger partial charge in [0.2, 0.25) is 5.95 Å². The van der Waals surface area contributed by atoms with E-state index < -0.39 is 0 Å². The highest BCUT2D eigenvalue weighted by Crippen LogP contribution is 2.19. The summed E-state index contributed by atoms with van der Waals surface area (Å²) in [5, 5.41) is 6.68. The predicted octanol–water partition coefficient (Wildman–Crippen LogP) is 4.42. The van der Waals surface area contributed by atoms with Crippen LogP contribution < -0.4 is 10.6 Å². The van der Waals surface area contributed by atoms with Gasteiger partial charge in [0.05, 0.1) is 5.56 Å². The number of hydrogen-bond donors (Lipinski definition) is 2. The quantitative estimate of drug-likeness (QED) is 0.701. The van der Waals surface area contributed by atoms with E-state index >= 15 is 0 Å². The first-order chi connectivity index (χ1) is 12.5. The molecule has 0 atom stereocenters. The molecule has 0 aliphatic heterocycles. The van der Waals surface area contributed by atoms with Gasteiger partial charge in [0.1, 0.15) is 0 Å². The van der Waals surface area contributed by atoms with Gasteiger partial charge in [-0.2, -0.15) is 0 Å². The molecule has 0 spiro atoms. The summed E-state index contributed by atoms with van der Waals surface area (Å²) in [6.07, 6.45) is 3.02. The fourth-order valence-corrected chi connectivity index (χ4v) is 2.51. The van der Waals surface area contributed by atoms with E-state index in [0.717, 1.165) is 22.4 Å². The molecule has 0 radical (unpaired) electrons. The predicted molar refractivity (Wildman–Crippen MR) is 104 cm³/mol. The number of aryl methyl sites for hydroxylation is 2. The Morgan fingerprint density at radius 1 is 1.04 bits per heavy atom. The van der Waals surface area contributed by atoms with Crippen LogP contribution in [0.3, 0.4) is 0 Å². The van der Waals surface area contributed by atoms with Gasteiger partial charge in [-0.1, -0.05) is 35.9 Å². The van der Waals surface area contributed by atoms with E-state index in [-0.39, 0.29) is 5.91 Å². The van der Waals surface area contributed by atoms with Crippen molar-refractivity contribution in [3.63, 3.8) is 0 Å². The Bertz CT molecular complexity index is 908. The number of rotatable bonds is 5. The second kappa shape index (κ2) is 7.97. The molecule has 26 heavy (non-hydrogen) atoms. The van der Waals surface area contributed by atoms with Gasteiger partial charge in [0.25, 0.3) is 5.91 Å². The van der Waals surface area contributed by atoms with Crippen LogP contribution in [0, 0.1) is 13.8 Å². The summed E-state index contributed by atoms with van der Waals surface area (Å²) < 4.78 is 0. The van der Waals surface area contributed by atoms with Crippen LogP contribution >= 0.6 is 11.6 Å². The van der Waals surface area contributed by atoms with Crippen LogP contribution in [0.4, 0.5) is 11.6 Å². The second-order valence-corrected chi connectivity index (χ2v) is 6.48. The number of halogens is 1. The van der Waals surface area contributed by atoms with Crippen molar-refractivity contribution in [1.82, 2.24) is 15.3 Å². The molecule has 0 aliphatic rings. The van der Waals surface area contributed by atoms with Crippen LogP contribution in [0.1, 0.15) is 27.0 Å². The lowest BCUT2D eigenvalue weighted by Crippen LogP contribution is -2.23. The van der Waals surface area contributed by atoms with E-state index in [9.17, 15) is 4.79 Å². The number of hydrogen-bond acceptors (Lipinski definition) is 4. The van der Waals surface area contributed by atoms with E-state index in [2.05, 4.69) is 26.7 Å². The van der Waals surface area contributed by atoms with Gasteiger partial charge in [-0.05, 0) is 48.7 Å². The summed E-state index contributed by atoms with van der Waals surface area (Å²) in [7, 11) is 0. The molecule has 0 aliphatic carbocycles. The third-order valence-corrected chi connectivity index (χ3v) is 4.17. The van der Waals surface area contributed by atoms with Crippen molar-refractivity contribution in [1.29, 1.82) is 0 Å². The molecule has 0 unspecified atom stereocenters. The first kappa shape index (κ1) is 17.9. The molecule has 0 fully saturated rings. The van der Waals surface area contributed by atoms with Crippen LogP contribution in [-0.2, 0) is 6.54 Å². The zero-order valence-electron chi connectivity index (χ0n) is 14.6. The molecule has 1 aromatic heterocycles. The van der Waals surface area contributed by atoms with E-state index in [1.807, 2.05) is 38.1 Å². The lowest BCUT2D eigenvalue weighted by molar-refractivity contribution is 0.0950. The maximum atomic E-state index is 12.2. The van der Waals surface area contributed by atoms with Gasteiger partial charge < -0.3 is 10.6 Å². The molecular weight excluding hydrogens is 348 g/mol. The molecule has 0 bridgehead atoms. The molecule has 1 amide bonds. The molecule has 0 saturated heterocycles. The molecule has 5 nitrogen and oxygen atoms in total. The highest BCUT2D eigenvalue weighted by atomic mass is 35.5. The molecule has 132 valence electrons. The Balaban J connectivity index is 1.62. The van der Waals surface area contributed by atoms with Gasteiger partial charge in [-0.15, -0.1) is 0 Å². The fourth-order valence-electron chi connectivity index (χ4n) is 2.39. The lowest BCUT2D eigenvalue weighted by atomic mass is 10.1. The van der Waals surface area contributed by atoms with Crippen molar-refractivity contribution >= 4 is 29.1 Å². The summed E-state index contributed by atoms with van der Waals surface area (Å²) in [5.74, 6) is 0.228. The Hall–Kier alpha value is -2.92. The molecule has 1 heterocycles. The number of amides is 1. The zero-order valence-corrected chi connectivity index (χ0v) is 15.3. The minimum Gasteiger partial charge on any atom is -0.348 e. The number of anilines is 2. The highest BCUT2D eigenvalue weighted by Gasteiger charge is 2.08. The van der Waals surface area contributed by atoms with Crippen LogP contribution in [0.15, 0.2) is 54.9 Å². The number of nitrogens with zero attached hydrogens (tertiary/aromatic N) is 2. The molecule has 0 saturated carbocycles. The average molecular weight is 367 g/mol. The summed E-state index contributed by atoms with van der Waals surface area (Å²) in [5.41, 5.74) is 4.58. The van der Waals surface area contributed by atoms with E-state index in [1.165, 1.54) is 12.4 Å². The minimum absolute atomic E-state index is 0.224. The Kier molecular flexibility index (Phi) is 5.49. The summed E-state index contributed by atoms with van der Waals surface area (Å²) in [6.45, 7) is 4.46. The van der Waals surface area contributed by atoms with Crippen LogP contribution in [0.2, 0.25) is 5.02 Å². The fraction of sp³-hybridized carbons (Fsp3) is 0.150. The minimum atomic E-state index is -0.224. The highest BCUT2D eigenvalue weighted by molar-refractivity contribution is 6.30. The maximum absolute atomic E-state index is 12.2. The third kappa shape index (κ3) is 4.58. The number of benzene rings is 2.